The number of methoxy groups -OCH3 is 1. The molecule has 0 fully saturated rings. The molecule has 2 aromatic carbocycles. The minimum atomic E-state index is -0.418. The normalized spacial score (nSPS) is 10.4. The molecule has 0 aliphatic rings. The highest BCUT2D eigenvalue weighted by atomic mass is 35.5. The molecule has 0 radical (unpaired) electrons. The molecule has 0 unspecified atom stereocenters. The van der Waals surface area contributed by atoms with E-state index < -0.39 is 5.82 Å². The van der Waals surface area contributed by atoms with Crippen molar-refractivity contribution in [2.24, 2.45) is 0 Å². The standard InChI is InChI=1S/C16H15ClFNO2/c1-21-16(20)13-5-2-11(3-6-13)9-19-10-12-4-7-15(18)14(17)8-12/h2-8,19H,9-10H2,1H3. The summed E-state index contributed by atoms with van der Waals surface area (Å²) in [5, 5.41) is 3.35. The Hall–Kier alpha value is -1.91. The van der Waals surface area contributed by atoms with E-state index in [9.17, 15) is 9.18 Å². The molecule has 21 heavy (non-hydrogen) atoms. The molecule has 0 heterocycles. The fourth-order valence-corrected chi connectivity index (χ4v) is 2.08. The Balaban J connectivity index is 1.88. The summed E-state index contributed by atoms with van der Waals surface area (Å²) in [4.78, 5) is 11.3. The molecule has 2 aromatic rings. The Labute approximate surface area is 127 Å². The molecule has 0 aliphatic carbocycles. The molecule has 0 spiro atoms. The highest BCUT2D eigenvalue weighted by Gasteiger charge is 2.04. The van der Waals surface area contributed by atoms with Crippen molar-refractivity contribution in [3.63, 3.8) is 0 Å². The lowest BCUT2D eigenvalue weighted by Gasteiger charge is -2.07. The van der Waals surface area contributed by atoms with Crippen LogP contribution in [0.2, 0.25) is 5.02 Å². The van der Waals surface area contributed by atoms with E-state index in [0.717, 1.165) is 11.1 Å². The predicted octanol–water partition coefficient (Wildman–Crippen LogP) is 3.56. The number of hydrogen-bond donors (Lipinski definition) is 1. The third-order valence-electron chi connectivity index (χ3n) is 3.02. The molecule has 0 atom stereocenters. The monoisotopic (exact) mass is 307 g/mol. The minimum Gasteiger partial charge on any atom is -0.465 e. The molecule has 0 saturated heterocycles. The molecule has 0 bridgehead atoms. The molecule has 0 saturated carbocycles. The average Bonchev–Trinajstić information content (AvgIpc) is 2.51. The molecule has 2 rings (SSSR count). The number of esters is 1. The SMILES string of the molecule is COC(=O)c1ccc(CNCc2ccc(F)c(Cl)c2)cc1. The zero-order valence-corrected chi connectivity index (χ0v) is 12.3. The Morgan fingerprint density at radius 1 is 1.14 bits per heavy atom. The molecule has 5 heteroatoms. The van der Waals surface area contributed by atoms with Gasteiger partial charge in [-0.25, -0.2) is 9.18 Å². The van der Waals surface area contributed by atoms with E-state index in [4.69, 9.17) is 11.6 Å². The van der Waals surface area contributed by atoms with Gasteiger partial charge in [-0.1, -0.05) is 29.8 Å². The van der Waals surface area contributed by atoms with Gasteiger partial charge < -0.3 is 10.1 Å². The van der Waals surface area contributed by atoms with Crippen molar-refractivity contribution in [3.8, 4) is 0 Å². The molecule has 110 valence electrons. The van der Waals surface area contributed by atoms with Crippen LogP contribution in [-0.2, 0) is 17.8 Å². The first-order chi connectivity index (χ1) is 10.1. The lowest BCUT2D eigenvalue weighted by molar-refractivity contribution is 0.0600. The number of halogens is 2. The topological polar surface area (TPSA) is 38.3 Å². The second-order valence-electron chi connectivity index (χ2n) is 4.54. The van der Waals surface area contributed by atoms with E-state index in [1.807, 2.05) is 12.1 Å². The van der Waals surface area contributed by atoms with Gasteiger partial charge in [0.05, 0.1) is 17.7 Å². The van der Waals surface area contributed by atoms with Crippen LogP contribution in [0.1, 0.15) is 21.5 Å². The number of benzene rings is 2. The van der Waals surface area contributed by atoms with Gasteiger partial charge >= 0.3 is 5.97 Å². The summed E-state index contributed by atoms with van der Waals surface area (Å²) in [6.07, 6.45) is 0. The molecule has 0 aromatic heterocycles. The first-order valence-electron chi connectivity index (χ1n) is 6.42. The van der Waals surface area contributed by atoms with Gasteiger partial charge in [0.2, 0.25) is 0 Å². The van der Waals surface area contributed by atoms with Crippen LogP contribution in [-0.4, -0.2) is 13.1 Å². The summed E-state index contributed by atoms with van der Waals surface area (Å²) in [6.45, 7) is 1.22. The van der Waals surface area contributed by atoms with E-state index in [-0.39, 0.29) is 11.0 Å². The van der Waals surface area contributed by atoms with Crippen LogP contribution in [0.25, 0.3) is 0 Å². The molecule has 1 N–H and O–H groups in total. The molecule has 3 nitrogen and oxygen atoms in total. The van der Waals surface area contributed by atoms with Crippen LogP contribution in [0.5, 0.6) is 0 Å². The third kappa shape index (κ3) is 4.28. The number of carbonyl (C=O) groups is 1. The Kier molecular flexibility index (Phi) is 5.31. The predicted molar refractivity (Wildman–Crippen MR) is 79.7 cm³/mol. The van der Waals surface area contributed by atoms with Crippen LogP contribution in [0.4, 0.5) is 4.39 Å². The smallest absolute Gasteiger partial charge is 0.337 e. The summed E-state index contributed by atoms with van der Waals surface area (Å²) in [5.41, 5.74) is 2.47. The number of ether oxygens (including phenoxy) is 1. The zero-order chi connectivity index (χ0) is 15.2. The van der Waals surface area contributed by atoms with E-state index in [2.05, 4.69) is 10.1 Å². The highest BCUT2D eigenvalue weighted by molar-refractivity contribution is 6.30. The van der Waals surface area contributed by atoms with Crippen LogP contribution >= 0.6 is 11.6 Å². The van der Waals surface area contributed by atoms with E-state index in [0.29, 0.717) is 18.7 Å². The van der Waals surface area contributed by atoms with Crippen LogP contribution in [0.3, 0.4) is 0 Å². The van der Waals surface area contributed by atoms with E-state index in [1.165, 1.54) is 13.2 Å². The average molecular weight is 308 g/mol. The highest BCUT2D eigenvalue weighted by Crippen LogP contribution is 2.16. The van der Waals surface area contributed by atoms with Gasteiger partial charge in [-0.15, -0.1) is 0 Å². The number of carbonyl (C=O) groups excluding carboxylic acids is 1. The van der Waals surface area contributed by atoms with E-state index in [1.54, 1.807) is 24.3 Å². The minimum absolute atomic E-state index is 0.122. The quantitative estimate of drug-likeness (QED) is 0.858. The molecular formula is C16H15ClFNO2. The van der Waals surface area contributed by atoms with Crippen molar-refractivity contribution >= 4 is 17.6 Å². The summed E-state index contributed by atoms with van der Waals surface area (Å²) in [6, 6.07) is 11.8. The van der Waals surface area contributed by atoms with Gasteiger partial charge in [0, 0.05) is 13.1 Å². The third-order valence-corrected chi connectivity index (χ3v) is 3.31. The van der Waals surface area contributed by atoms with Gasteiger partial charge in [0.15, 0.2) is 0 Å². The fourth-order valence-electron chi connectivity index (χ4n) is 1.88. The number of nitrogens with one attached hydrogen (secondary N) is 1. The lowest BCUT2D eigenvalue weighted by Crippen LogP contribution is -2.13. The van der Waals surface area contributed by atoms with Gasteiger partial charge in [-0.05, 0) is 35.4 Å². The first kappa shape index (κ1) is 15.5. The van der Waals surface area contributed by atoms with Crippen LogP contribution in [0.15, 0.2) is 42.5 Å². The maximum atomic E-state index is 13.0. The summed E-state index contributed by atoms with van der Waals surface area (Å²) >= 11 is 5.72. The van der Waals surface area contributed by atoms with Crippen molar-refractivity contribution in [1.82, 2.24) is 5.32 Å². The maximum Gasteiger partial charge on any atom is 0.337 e. The number of hydrogen-bond acceptors (Lipinski definition) is 3. The van der Waals surface area contributed by atoms with Gasteiger partial charge in [-0.2, -0.15) is 0 Å². The van der Waals surface area contributed by atoms with Crippen LogP contribution < -0.4 is 5.32 Å². The second-order valence-corrected chi connectivity index (χ2v) is 4.95. The molecule has 0 aliphatic heterocycles. The second kappa shape index (κ2) is 7.20. The Morgan fingerprint density at radius 2 is 1.76 bits per heavy atom. The summed E-state index contributed by atoms with van der Waals surface area (Å²) in [5.74, 6) is -0.769. The zero-order valence-electron chi connectivity index (χ0n) is 11.5. The molecular weight excluding hydrogens is 293 g/mol. The summed E-state index contributed by atoms with van der Waals surface area (Å²) in [7, 11) is 1.35. The van der Waals surface area contributed by atoms with Gasteiger partial charge in [-0.3, -0.25) is 0 Å². The first-order valence-corrected chi connectivity index (χ1v) is 6.80. The Bertz CT molecular complexity index is 629. The van der Waals surface area contributed by atoms with Gasteiger partial charge in [0.25, 0.3) is 0 Å². The van der Waals surface area contributed by atoms with Crippen molar-refractivity contribution in [2.45, 2.75) is 13.1 Å². The van der Waals surface area contributed by atoms with Gasteiger partial charge in [0.1, 0.15) is 5.82 Å². The van der Waals surface area contributed by atoms with E-state index >= 15 is 0 Å². The lowest BCUT2D eigenvalue weighted by atomic mass is 10.1. The van der Waals surface area contributed by atoms with Crippen LogP contribution in [0, 0.1) is 5.82 Å². The Morgan fingerprint density at radius 3 is 2.38 bits per heavy atom. The van der Waals surface area contributed by atoms with Crippen molar-refractivity contribution in [1.29, 1.82) is 0 Å². The van der Waals surface area contributed by atoms with Crippen molar-refractivity contribution < 1.29 is 13.9 Å². The largest absolute Gasteiger partial charge is 0.465 e. The number of rotatable bonds is 5. The fraction of sp³-hybridized carbons (Fsp3) is 0.188. The van der Waals surface area contributed by atoms with Crippen molar-refractivity contribution in [3.05, 3.63) is 70.0 Å². The van der Waals surface area contributed by atoms with Crippen molar-refractivity contribution in [2.75, 3.05) is 7.11 Å². The maximum absolute atomic E-state index is 13.0. The molecule has 0 amide bonds. The summed E-state index contributed by atoms with van der Waals surface area (Å²) < 4.78 is 17.7.